The molecule has 1 unspecified atom stereocenters. The van der Waals surface area contributed by atoms with Gasteiger partial charge < -0.3 is 10.5 Å². The monoisotopic (exact) mass is 323 g/mol. The van der Waals surface area contributed by atoms with E-state index in [1.165, 1.54) is 6.07 Å². The molecule has 0 aliphatic rings. The van der Waals surface area contributed by atoms with Crippen molar-refractivity contribution in [3.05, 3.63) is 63.4 Å². The van der Waals surface area contributed by atoms with Gasteiger partial charge >= 0.3 is 0 Å². The van der Waals surface area contributed by atoms with Crippen LogP contribution < -0.4 is 10.5 Å². The molecule has 2 aromatic carbocycles. The maximum Gasteiger partial charge on any atom is 0.128 e. The van der Waals surface area contributed by atoms with Gasteiger partial charge in [0.15, 0.2) is 0 Å². The summed E-state index contributed by atoms with van der Waals surface area (Å²) in [5.41, 5.74) is 8.47. The second kappa shape index (κ2) is 5.72. The number of nitrogens with two attached hydrogens (primary N) is 1. The lowest BCUT2D eigenvalue weighted by atomic mass is 9.97. The molecule has 0 radical (unpaired) electrons. The lowest BCUT2D eigenvalue weighted by Crippen LogP contribution is -2.15. The van der Waals surface area contributed by atoms with Gasteiger partial charge in [-0.05, 0) is 31.2 Å². The van der Waals surface area contributed by atoms with Gasteiger partial charge in [0, 0.05) is 15.6 Å². The molecule has 0 aliphatic carbocycles. The first kappa shape index (κ1) is 14.0. The number of benzene rings is 2. The average molecular weight is 324 g/mol. The van der Waals surface area contributed by atoms with Gasteiger partial charge in [-0.1, -0.05) is 33.6 Å². The van der Waals surface area contributed by atoms with E-state index in [1.54, 1.807) is 19.2 Å². The van der Waals surface area contributed by atoms with E-state index < -0.39 is 6.04 Å². The molecule has 19 heavy (non-hydrogen) atoms. The first-order valence-electron chi connectivity index (χ1n) is 5.88. The molecule has 0 saturated heterocycles. The Kier molecular flexibility index (Phi) is 4.22. The van der Waals surface area contributed by atoms with E-state index in [9.17, 15) is 4.39 Å². The van der Waals surface area contributed by atoms with Crippen molar-refractivity contribution in [2.45, 2.75) is 13.0 Å². The van der Waals surface area contributed by atoms with E-state index in [0.29, 0.717) is 11.3 Å². The summed E-state index contributed by atoms with van der Waals surface area (Å²) < 4.78 is 20.0. The molecule has 0 fully saturated rings. The van der Waals surface area contributed by atoms with Crippen LogP contribution in [0.5, 0.6) is 5.75 Å². The maximum absolute atomic E-state index is 13.9. The molecule has 2 aromatic rings. The van der Waals surface area contributed by atoms with Crippen molar-refractivity contribution in [3.63, 3.8) is 0 Å². The van der Waals surface area contributed by atoms with E-state index in [0.717, 1.165) is 15.6 Å². The molecule has 1 atom stereocenters. The molecular formula is C15H15BrFNO. The number of ether oxygens (including phenoxy) is 1. The Bertz CT molecular complexity index is 601. The van der Waals surface area contributed by atoms with Gasteiger partial charge in [-0.3, -0.25) is 0 Å². The molecule has 0 heterocycles. The number of methoxy groups -OCH3 is 1. The fourth-order valence-electron chi connectivity index (χ4n) is 2.02. The lowest BCUT2D eigenvalue weighted by molar-refractivity contribution is 0.407. The predicted octanol–water partition coefficient (Wildman–Crippen LogP) is 3.95. The second-order valence-electron chi connectivity index (χ2n) is 4.39. The standard InChI is InChI=1S/C15H15BrFNO/c1-9-3-6-14(19-2)12(7-9)15(18)11-8-10(16)4-5-13(11)17/h3-8,15H,18H2,1-2H3. The summed E-state index contributed by atoms with van der Waals surface area (Å²) in [5, 5.41) is 0. The Labute approximate surface area is 120 Å². The van der Waals surface area contributed by atoms with Crippen molar-refractivity contribution in [3.8, 4) is 5.75 Å². The molecule has 2 N–H and O–H groups in total. The van der Waals surface area contributed by atoms with Gasteiger partial charge in [0.1, 0.15) is 11.6 Å². The molecule has 0 aliphatic heterocycles. The molecule has 0 amide bonds. The molecule has 100 valence electrons. The SMILES string of the molecule is COc1ccc(C)cc1C(N)c1cc(Br)ccc1F. The van der Waals surface area contributed by atoms with Gasteiger partial charge in [-0.25, -0.2) is 4.39 Å². The Balaban J connectivity index is 2.51. The van der Waals surface area contributed by atoms with Crippen LogP contribution in [0.3, 0.4) is 0 Å². The molecule has 4 heteroatoms. The molecular weight excluding hydrogens is 309 g/mol. The van der Waals surface area contributed by atoms with E-state index in [2.05, 4.69) is 15.9 Å². The van der Waals surface area contributed by atoms with Crippen molar-refractivity contribution in [2.24, 2.45) is 5.73 Å². The van der Waals surface area contributed by atoms with Crippen LogP contribution in [0.2, 0.25) is 0 Å². The fraction of sp³-hybridized carbons (Fsp3) is 0.200. The Morgan fingerprint density at radius 1 is 1.16 bits per heavy atom. The van der Waals surface area contributed by atoms with Crippen LogP contribution in [0.15, 0.2) is 40.9 Å². The highest BCUT2D eigenvalue weighted by atomic mass is 79.9. The van der Waals surface area contributed by atoms with E-state index in [-0.39, 0.29) is 5.82 Å². The van der Waals surface area contributed by atoms with Crippen LogP contribution in [-0.4, -0.2) is 7.11 Å². The van der Waals surface area contributed by atoms with Crippen LogP contribution in [0.4, 0.5) is 4.39 Å². The fourth-order valence-corrected chi connectivity index (χ4v) is 2.40. The van der Waals surface area contributed by atoms with Crippen LogP contribution >= 0.6 is 15.9 Å². The van der Waals surface area contributed by atoms with Crippen molar-refractivity contribution >= 4 is 15.9 Å². The number of halogens is 2. The maximum atomic E-state index is 13.9. The third kappa shape index (κ3) is 2.96. The van der Waals surface area contributed by atoms with Gasteiger partial charge in [0.25, 0.3) is 0 Å². The van der Waals surface area contributed by atoms with Gasteiger partial charge in [0.05, 0.1) is 13.2 Å². The van der Waals surface area contributed by atoms with Crippen LogP contribution in [0.1, 0.15) is 22.7 Å². The third-order valence-corrected chi connectivity index (χ3v) is 3.51. The first-order valence-corrected chi connectivity index (χ1v) is 6.67. The average Bonchev–Trinajstić information content (AvgIpc) is 2.40. The minimum atomic E-state index is -0.563. The van der Waals surface area contributed by atoms with Gasteiger partial charge in [-0.2, -0.15) is 0 Å². The van der Waals surface area contributed by atoms with Crippen molar-refractivity contribution in [1.29, 1.82) is 0 Å². The van der Waals surface area contributed by atoms with Crippen molar-refractivity contribution in [2.75, 3.05) is 7.11 Å². The minimum Gasteiger partial charge on any atom is -0.496 e. The highest BCUT2D eigenvalue weighted by Gasteiger charge is 2.18. The summed E-state index contributed by atoms with van der Waals surface area (Å²) in [6, 6.07) is 9.89. The summed E-state index contributed by atoms with van der Waals surface area (Å²) in [5.74, 6) is 0.344. The number of aryl methyl sites for hydroxylation is 1. The Morgan fingerprint density at radius 3 is 2.58 bits per heavy atom. The largest absolute Gasteiger partial charge is 0.496 e. The third-order valence-electron chi connectivity index (χ3n) is 3.01. The topological polar surface area (TPSA) is 35.2 Å². The zero-order valence-corrected chi connectivity index (χ0v) is 12.4. The predicted molar refractivity (Wildman–Crippen MR) is 77.9 cm³/mol. The van der Waals surface area contributed by atoms with Crippen LogP contribution in [-0.2, 0) is 0 Å². The Hall–Kier alpha value is -1.39. The summed E-state index contributed by atoms with van der Waals surface area (Å²) >= 11 is 3.33. The first-order chi connectivity index (χ1) is 9.02. The number of hydrogen-bond donors (Lipinski definition) is 1. The number of hydrogen-bond acceptors (Lipinski definition) is 2. The summed E-state index contributed by atoms with van der Waals surface area (Å²) in [6.07, 6.45) is 0. The Morgan fingerprint density at radius 2 is 1.89 bits per heavy atom. The molecule has 0 spiro atoms. The molecule has 0 saturated carbocycles. The zero-order chi connectivity index (χ0) is 14.0. The minimum absolute atomic E-state index is 0.320. The van der Waals surface area contributed by atoms with E-state index >= 15 is 0 Å². The van der Waals surface area contributed by atoms with Gasteiger partial charge in [-0.15, -0.1) is 0 Å². The smallest absolute Gasteiger partial charge is 0.128 e. The quantitative estimate of drug-likeness (QED) is 0.928. The van der Waals surface area contributed by atoms with Crippen molar-refractivity contribution < 1.29 is 9.13 Å². The van der Waals surface area contributed by atoms with Crippen molar-refractivity contribution in [1.82, 2.24) is 0 Å². The molecule has 0 aromatic heterocycles. The lowest BCUT2D eigenvalue weighted by Gasteiger charge is -2.17. The number of rotatable bonds is 3. The highest BCUT2D eigenvalue weighted by Crippen LogP contribution is 2.31. The highest BCUT2D eigenvalue weighted by molar-refractivity contribution is 9.10. The normalized spacial score (nSPS) is 12.3. The molecule has 0 bridgehead atoms. The van der Waals surface area contributed by atoms with Crippen LogP contribution in [0.25, 0.3) is 0 Å². The molecule has 2 nitrogen and oxygen atoms in total. The summed E-state index contributed by atoms with van der Waals surface area (Å²) in [7, 11) is 1.58. The van der Waals surface area contributed by atoms with E-state index in [1.807, 2.05) is 25.1 Å². The van der Waals surface area contributed by atoms with Gasteiger partial charge in [0.2, 0.25) is 0 Å². The van der Waals surface area contributed by atoms with Crippen LogP contribution in [0, 0.1) is 12.7 Å². The summed E-state index contributed by atoms with van der Waals surface area (Å²) in [4.78, 5) is 0. The zero-order valence-electron chi connectivity index (χ0n) is 10.8. The van der Waals surface area contributed by atoms with E-state index in [4.69, 9.17) is 10.5 Å². The second-order valence-corrected chi connectivity index (χ2v) is 5.30. The molecule has 2 rings (SSSR count). The summed E-state index contributed by atoms with van der Waals surface area (Å²) in [6.45, 7) is 1.97.